The van der Waals surface area contributed by atoms with Crippen LogP contribution in [0.1, 0.15) is 29.7 Å². The Hall–Kier alpha value is -1.85. The molecule has 2 heterocycles. The van der Waals surface area contributed by atoms with Gasteiger partial charge in [0.2, 0.25) is 5.91 Å². The van der Waals surface area contributed by atoms with Gasteiger partial charge in [0.1, 0.15) is 0 Å². The monoisotopic (exact) mass is 358 g/mol. The molecule has 1 atom stereocenters. The molecule has 0 spiro atoms. The van der Waals surface area contributed by atoms with Crippen LogP contribution in [0.25, 0.3) is 0 Å². The number of piperidine rings is 1. The lowest BCUT2D eigenvalue weighted by Gasteiger charge is -2.33. The molecule has 0 aliphatic carbocycles. The summed E-state index contributed by atoms with van der Waals surface area (Å²) in [6, 6.07) is 10.2. The molecule has 1 aromatic heterocycles. The first-order chi connectivity index (χ1) is 12.2. The van der Waals surface area contributed by atoms with E-state index in [-0.39, 0.29) is 5.91 Å². The van der Waals surface area contributed by atoms with Crippen molar-refractivity contribution in [2.75, 3.05) is 30.4 Å². The Morgan fingerprint density at radius 2 is 2.12 bits per heavy atom. The summed E-state index contributed by atoms with van der Waals surface area (Å²) in [6.45, 7) is 4.09. The topological polar surface area (TPSA) is 41.6 Å². The van der Waals surface area contributed by atoms with Crippen molar-refractivity contribution >= 4 is 28.6 Å². The summed E-state index contributed by atoms with van der Waals surface area (Å²) in [4.78, 5) is 15.8. The van der Waals surface area contributed by atoms with Crippen molar-refractivity contribution in [2.24, 2.45) is 0 Å². The third-order valence-corrected chi connectivity index (χ3v) is 5.86. The molecule has 5 heteroatoms. The largest absolute Gasteiger partial charge is 0.380 e. The fourth-order valence-corrected chi connectivity index (χ4v) is 4.14. The number of nitrogens with zero attached hydrogens (tertiary/aromatic N) is 1. The number of aryl methyl sites for hydroxylation is 2. The lowest BCUT2D eigenvalue weighted by atomic mass is 10.1. The van der Waals surface area contributed by atoms with Gasteiger partial charge in [-0.15, -0.1) is 11.3 Å². The lowest BCUT2D eigenvalue weighted by Crippen LogP contribution is -2.39. The Morgan fingerprint density at radius 3 is 2.80 bits per heavy atom. The predicted octanol–water partition coefficient (Wildman–Crippen LogP) is 4.24. The molecule has 2 aromatic rings. The average molecular weight is 359 g/mol. The highest BCUT2D eigenvalue weighted by molar-refractivity contribution is 7.10. The van der Waals surface area contributed by atoms with Crippen LogP contribution in [-0.4, -0.2) is 32.2 Å². The molecule has 0 saturated carbocycles. The maximum Gasteiger partial charge on any atom is 0.224 e. The third kappa shape index (κ3) is 4.83. The van der Waals surface area contributed by atoms with E-state index in [9.17, 15) is 4.79 Å². The van der Waals surface area contributed by atoms with Gasteiger partial charge < -0.3 is 15.0 Å². The van der Waals surface area contributed by atoms with E-state index in [1.165, 1.54) is 16.1 Å². The summed E-state index contributed by atoms with van der Waals surface area (Å²) in [6.07, 6.45) is 3.92. The number of anilines is 2. The predicted molar refractivity (Wildman–Crippen MR) is 105 cm³/mol. The number of carbonyl (C=O) groups is 1. The molecular weight excluding hydrogens is 332 g/mol. The van der Waals surface area contributed by atoms with Crippen LogP contribution >= 0.6 is 11.3 Å². The van der Waals surface area contributed by atoms with Crippen LogP contribution in [-0.2, 0) is 16.0 Å². The number of carbonyl (C=O) groups excluding carboxylic acids is 1. The minimum Gasteiger partial charge on any atom is -0.380 e. The van der Waals surface area contributed by atoms with Gasteiger partial charge in [0.15, 0.2) is 0 Å². The highest BCUT2D eigenvalue weighted by Crippen LogP contribution is 2.23. The standard InChI is InChI=1S/C20H26N2O2S/c1-15-11-13-25-19(15)9-10-20(23)21-16-5-7-17(8-6-16)22-12-3-4-18(14-22)24-2/h5-8,11,13,18H,3-4,9-10,12,14H2,1-2H3,(H,21,23). The van der Waals surface area contributed by atoms with Crippen molar-refractivity contribution in [1.82, 2.24) is 0 Å². The van der Waals surface area contributed by atoms with Crippen LogP contribution in [0, 0.1) is 6.92 Å². The molecule has 1 aliphatic heterocycles. The summed E-state index contributed by atoms with van der Waals surface area (Å²) >= 11 is 1.72. The third-order valence-electron chi connectivity index (χ3n) is 4.77. The molecule has 1 fully saturated rings. The van der Waals surface area contributed by atoms with Gasteiger partial charge in [0, 0.05) is 42.9 Å². The second-order valence-corrected chi connectivity index (χ2v) is 7.57. The molecule has 134 valence electrons. The second kappa shape index (κ2) is 8.50. The van der Waals surface area contributed by atoms with Crippen molar-refractivity contribution in [3.63, 3.8) is 0 Å². The minimum absolute atomic E-state index is 0.0676. The van der Waals surface area contributed by atoms with Crippen molar-refractivity contribution in [2.45, 2.75) is 38.7 Å². The van der Waals surface area contributed by atoms with Crippen LogP contribution in [0.15, 0.2) is 35.7 Å². The van der Waals surface area contributed by atoms with Gasteiger partial charge in [-0.3, -0.25) is 4.79 Å². The number of methoxy groups -OCH3 is 1. The van der Waals surface area contributed by atoms with Crippen LogP contribution in [0.3, 0.4) is 0 Å². The highest BCUT2D eigenvalue weighted by atomic mass is 32.1. The van der Waals surface area contributed by atoms with Crippen LogP contribution in [0.4, 0.5) is 11.4 Å². The summed E-state index contributed by atoms with van der Waals surface area (Å²) in [5.41, 5.74) is 3.32. The lowest BCUT2D eigenvalue weighted by molar-refractivity contribution is -0.116. The number of hydrogen-bond donors (Lipinski definition) is 1. The zero-order valence-electron chi connectivity index (χ0n) is 15.0. The van der Waals surface area contributed by atoms with E-state index in [1.54, 1.807) is 18.4 Å². The van der Waals surface area contributed by atoms with Crippen LogP contribution in [0.5, 0.6) is 0 Å². The second-order valence-electron chi connectivity index (χ2n) is 6.57. The van der Waals surface area contributed by atoms with Gasteiger partial charge >= 0.3 is 0 Å². The van der Waals surface area contributed by atoms with Gasteiger partial charge in [0.05, 0.1) is 6.10 Å². The SMILES string of the molecule is COC1CCCN(c2ccc(NC(=O)CCc3sccc3C)cc2)C1. The number of nitrogens with one attached hydrogen (secondary N) is 1. The van der Waals surface area contributed by atoms with Gasteiger partial charge in [0.25, 0.3) is 0 Å². The van der Waals surface area contributed by atoms with E-state index >= 15 is 0 Å². The molecule has 0 bridgehead atoms. The van der Waals surface area contributed by atoms with Crippen LogP contribution in [0.2, 0.25) is 0 Å². The zero-order chi connectivity index (χ0) is 17.6. The highest BCUT2D eigenvalue weighted by Gasteiger charge is 2.19. The van der Waals surface area contributed by atoms with Gasteiger partial charge in [-0.25, -0.2) is 0 Å². The molecule has 1 aromatic carbocycles. The first kappa shape index (κ1) is 18.0. The van der Waals surface area contributed by atoms with E-state index in [1.807, 2.05) is 12.1 Å². The van der Waals surface area contributed by atoms with E-state index in [2.05, 4.69) is 40.7 Å². The molecule has 3 rings (SSSR count). The molecule has 0 radical (unpaired) electrons. The quantitative estimate of drug-likeness (QED) is 0.840. The number of ether oxygens (including phenoxy) is 1. The molecule has 1 N–H and O–H groups in total. The van der Waals surface area contributed by atoms with E-state index in [0.717, 1.165) is 38.0 Å². The smallest absolute Gasteiger partial charge is 0.224 e. The summed E-state index contributed by atoms with van der Waals surface area (Å²) in [5.74, 6) is 0.0676. The molecule has 4 nitrogen and oxygen atoms in total. The maximum absolute atomic E-state index is 12.2. The molecule has 25 heavy (non-hydrogen) atoms. The van der Waals surface area contributed by atoms with E-state index in [4.69, 9.17) is 4.74 Å². The average Bonchev–Trinajstić information content (AvgIpc) is 3.05. The Bertz CT molecular complexity index is 696. The van der Waals surface area contributed by atoms with Crippen LogP contribution < -0.4 is 10.2 Å². The Kier molecular flexibility index (Phi) is 6.10. The number of thiophene rings is 1. The van der Waals surface area contributed by atoms with E-state index < -0.39 is 0 Å². The fourth-order valence-electron chi connectivity index (χ4n) is 3.23. The number of benzene rings is 1. The number of amides is 1. The van der Waals surface area contributed by atoms with Gasteiger partial charge in [-0.2, -0.15) is 0 Å². The van der Waals surface area contributed by atoms with Crippen molar-refractivity contribution in [3.8, 4) is 0 Å². The number of rotatable bonds is 6. The van der Waals surface area contributed by atoms with Gasteiger partial charge in [-0.05, 0) is 67.5 Å². The zero-order valence-corrected chi connectivity index (χ0v) is 15.8. The van der Waals surface area contributed by atoms with Gasteiger partial charge in [-0.1, -0.05) is 0 Å². The maximum atomic E-state index is 12.2. The Morgan fingerprint density at radius 1 is 1.32 bits per heavy atom. The van der Waals surface area contributed by atoms with Crippen molar-refractivity contribution < 1.29 is 9.53 Å². The van der Waals surface area contributed by atoms with E-state index in [0.29, 0.717) is 12.5 Å². The molecule has 1 aliphatic rings. The Balaban J connectivity index is 1.52. The molecule has 1 amide bonds. The summed E-state index contributed by atoms with van der Waals surface area (Å²) in [7, 11) is 1.78. The molecule has 1 unspecified atom stereocenters. The fraction of sp³-hybridized carbons (Fsp3) is 0.450. The first-order valence-corrected chi connectivity index (χ1v) is 9.74. The minimum atomic E-state index is 0.0676. The van der Waals surface area contributed by atoms with Crippen molar-refractivity contribution in [3.05, 3.63) is 46.2 Å². The van der Waals surface area contributed by atoms with Crippen molar-refractivity contribution in [1.29, 1.82) is 0 Å². The number of hydrogen-bond acceptors (Lipinski definition) is 4. The molecule has 1 saturated heterocycles. The molecular formula is C20H26N2O2S. The summed E-state index contributed by atoms with van der Waals surface area (Å²) < 4.78 is 5.49. The first-order valence-electron chi connectivity index (χ1n) is 8.86. The normalized spacial score (nSPS) is 17.5. The Labute approximate surface area is 153 Å². The summed E-state index contributed by atoms with van der Waals surface area (Å²) in [5, 5.41) is 5.08.